The summed E-state index contributed by atoms with van der Waals surface area (Å²) in [4.78, 5) is 12.5. The predicted octanol–water partition coefficient (Wildman–Crippen LogP) is 2.62. The van der Waals surface area contributed by atoms with Gasteiger partial charge in [0.25, 0.3) is 0 Å². The van der Waals surface area contributed by atoms with E-state index in [9.17, 15) is 4.79 Å². The number of hydrogen-bond donors (Lipinski definition) is 0. The molecule has 1 aromatic carbocycles. The Balaban J connectivity index is 2.47. The van der Waals surface area contributed by atoms with E-state index >= 15 is 0 Å². The van der Waals surface area contributed by atoms with Crippen LogP contribution in [0.4, 0.5) is 0 Å². The van der Waals surface area contributed by atoms with Crippen molar-refractivity contribution in [2.75, 3.05) is 0 Å². The van der Waals surface area contributed by atoms with Gasteiger partial charge in [-0.25, -0.2) is 0 Å². The van der Waals surface area contributed by atoms with Crippen LogP contribution in [0.1, 0.15) is 5.56 Å². The molecule has 0 unspecified atom stereocenters. The fourth-order valence-electron chi connectivity index (χ4n) is 1.44. The van der Waals surface area contributed by atoms with Crippen molar-refractivity contribution >= 4 is 26.9 Å². The Hall–Kier alpha value is -1.37. The Bertz CT molecular complexity index is 469. The Kier molecular flexibility index (Phi) is 3.33. The van der Waals surface area contributed by atoms with Gasteiger partial charge in [0.05, 0.1) is 0 Å². The first-order valence-corrected chi connectivity index (χ1v) is 6.51. The van der Waals surface area contributed by atoms with Gasteiger partial charge in [0.2, 0.25) is 0 Å². The molecular formula is C13H10OSe. The third-order valence-corrected chi connectivity index (χ3v) is 4.00. The van der Waals surface area contributed by atoms with E-state index in [-0.39, 0.29) is 0 Å². The minimum absolute atomic E-state index is 0.436. The zero-order valence-electron chi connectivity index (χ0n) is 8.09. The van der Waals surface area contributed by atoms with Gasteiger partial charge >= 0.3 is 94.6 Å². The first kappa shape index (κ1) is 10.2. The van der Waals surface area contributed by atoms with Gasteiger partial charge in [-0.2, -0.15) is 0 Å². The second-order valence-electron chi connectivity index (χ2n) is 3.06. The number of allylic oxidation sites excluding steroid dienone is 1. The number of benzene rings is 1. The average Bonchev–Trinajstić information content (AvgIpc) is 2.80. The van der Waals surface area contributed by atoms with Crippen LogP contribution in [0, 0.1) is 0 Å². The summed E-state index contributed by atoms with van der Waals surface area (Å²) in [5, 5.41) is 0. The zero-order valence-corrected chi connectivity index (χ0v) is 9.80. The molecule has 0 aliphatic heterocycles. The van der Waals surface area contributed by atoms with Gasteiger partial charge in [-0.3, -0.25) is 0 Å². The second kappa shape index (κ2) is 4.92. The molecule has 1 heterocycles. The van der Waals surface area contributed by atoms with E-state index in [4.69, 9.17) is 0 Å². The Morgan fingerprint density at radius 2 is 1.93 bits per heavy atom. The van der Waals surface area contributed by atoms with Gasteiger partial charge in [-0.05, 0) is 0 Å². The van der Waals surface area contributed by atoms with Crippen molar-refractivity contribution in [1.29, 1.82) is 0 Å². The van der Waals surface area contributed by atoms with Crippen LogP contribution >= 0.6 is 0 Å². The summed E-state index contributed by atoms with van der Waals surface area (Å²) in [5.74, 6) is 0. The van der Waals surface area contributed by atoms with E-state index in [0.29, 0.717) is 14.5 Å². The standard InChI is InChI=1S/C13H10OSe/c14-9-3-6-11-5-1-2-7-12(11)13-8-4-10-15-13/h1-10H. The van der Waals surface area contributed by atoms with Crippen molar-refractivity contribution in [1.82, 2.24) is 0 Å². The van der Waals surface area contributed by atoms with Gasteiger partial charge in [0.15, 0.2) is 0 Å². The third-order valence-electron chi connectivity index (χ3n) is 2.10. The molecule has 0 saturated carbocycles. The maximum atomic E-state index is 10.3. The fraction of sp³-hybridized carbons (Fsp3) is 0. The summed E-state index contributed by atoms with van der Waals surface area (Å²) in [6.07, 6.45) is 4.20. The van der Waals surface area contributed by atoms with E-state index in [2.05, 4.69) is 23.1 Å². The summed E-state index contributed by atoms with van der Waals surface area (Å²) in [5.41, 5.74) is 2.35. The van der Waals surface area contributed by atoms with Crippen LogP contribution in [0.15, 0.2) is 47.4 Å². The van der Waals surface area contributed by atoms with E-state index < -0.39 is 0 Å². The number of aldehydes is 1. The summed E-state index contributed by atoms with van der Waals surface area (Å²) in [6, 6.07) is 12.4. The monoisotopic (exact) mass is 262 g/mol. The van der Waals surface area contributed by atoms with Crippen molar-refractivity contribution in [3.63, 3.8) is 0 Å². The van der Waals surface area contributed by atoms with Crippen LogP contribution in [0.5, 0.6) is 0 Å². The van der Waals surface area contributed by atoms with Crippen LogP contribution in [-0.2, 0) is 4.79 Å². The van der Waals surface area contributed by atoms with Gasteiger partial charge in [-0.1, -0.05) is 0 Å². The Labute approximate surface area is 94.8 Å². The molecule has 2 aromatic rings. The molecule has 74 valence electrons. The normalized spacial score (nSPS) is 10.7. The number of hydrogen-bond acceptors (Lipinski definition) is 1. The average molecular weight is 261 g/mol. The van der Waals surface area contributed by atoms with E-state index in [0.717, 1.165) is 11.8 Å². The van der Waals surface area contributed by atoms with Gasteiger partial charge < -0.3 is 0 Å². The van der Waals surface area contributed by atoms with Crippen molar-refractivity contribution in [2.45, 2.75) is 0 Å². The molecule has 0 spiro atoms. The molecule has 0 bridgehead atoms. The molecule has 2 rings (SSSR count). The summed E-state index contributed by atoms with van der Waals surface area (Å²) < 4.78 is 1.37. The van der Waals surface area contributed by atoms with Crippen molar-refractivity contribution in [3.8, 4) is 10.0 Å². The number of rotatable bonds is 3. The summed E-state index contributed by atoms with van der Waals surface area (Å²) >= 11 is 0.436. The van der Waals surface area contributed by atoms with Gasteiger partial charge in [0.1, 0.15) is 0 Å². The van der Waals surface area contributed by atoms with Crippen LogP contribution in [-0.4, -0.2) is 20.8 Å². The first-order chi connectivity index (χ1) is 7.42. The molecule has 0 radical (unpaired) electrons. The van der Waals surface area contributed by atoms with Crippen LogP contribution in [0.3, 0.4) is 0 Å². The first-order valence-electron chi connectivity index (χ1n) is 4.66. The molecule has 0 N–H and O–H groups in total. The molecule has 15 heavy (non-hydrogen) atoms. The molecule has 0 aliphatic rings. The van der Waals surface area contributed by atoms with Crippen molar-refractivity contribution in [2.24, 2.45) is 0 Å². The fourth-order valence-corrected chi connectivity index (χ4v) is 3.06. The molecule has 0 saturated heterocycles. The maximum absolute atomic E-state index is 10.3. The van der Waals surface area contributed by atoms with Crippen LogP contribution in [0.25, 0.3) is 16.1 Å². The van der Waals surface area contributed by atoms with Crippen molar-refractivity contribution < 1.29 is 4.79 Å². The van der Waals surface area contributed by atoms with Crippen LogP contribution < -0.4 is 0 Å². The SMILES string of the molecule is O=CC=Cc1ccccc1-c1ccc[se]1. The quantitative estimate of drug-likeness (QED) is 0.471. The molecule has 0 amide bonds. The van der Waals surface area contributed by atoms with E-state index in [1.807, 2.05) is 24.3 Å². The van der Waals surface area contributed by atoms with Gasteiger partial charge in [-0.15, -0.1) is 0 Å². The topological polar surface area (TPSA) is 17.1 Å². The summed E-state index contributed by atoms with van der Waals surface area (Å²) in [6.45, 7) is 0. The summed E-state index contributed by atoms with van der Waals surface area (Å²) in [7, 11) is 0. The van der Waals surface area contributed by atoms with Gasteiger partial charge in [0, 0.05) is 0 Å². The number of carbonyl (C=O) groups excluding carboxylic acids is 1. The molecule has 0 atom stereocenters. The molecule has 0 fully saturated rings. The molecule has 1 aromatic heterocycles. The molecule has 0 aliphatic carbocycles. The molecule has 2 heteroatoms. The van der Waals surface area contributed by atoms with E-state index in [1.54, 1.807) is 0 Å². The van der Waals surface area contributed by atoms with Crippen molar-refractivity contribution in [3.05, 3.63) is 53.0 Å². The molecular weight excluding hydrogens is 251 g/mol. The van der Waals surface area contributed by atoms with Crippen LogP contribution in [0.2, 0.25) is 0 Å². The number of carbonyl (C=O) groups is 1. The third kappa shape index (κ3) is 2.35. The van der Waals surface area contributed by atoms with E-state index in [1.165, 1.54) is 16.1 Å². The minimum atomic E-state index is 0.436. The Morgan fingerprint density at radius 1 is 1.07 bits per heavy atom. The second-order valence-corrected chi connectivity index (χ2v) is 5.05. The predicted molar refractivity (Wildman–Crippen MR) is 63.9 cm³/mol. The molecule has 1 nitrogen and oxygen atoms in total. The Morgan fingerprint density at radius 3 is 2.67 bits per heavy atom. The zero-order chi connectivity index (χ0) is 10.5.